The molecule has 5 rings (SSSR count). The van der Waals surface area contributed by atoms with Gasteiger partial charge in [0.15, 0.2) is 11.5 Å². The molecule has 7 heteroatoms. The molecule has 0 unspecified atom stereocenters. The van der Waals surface area contributed by atoms with Crippen molar-refractivity contribution in [1.29, 1.82) is 0 Å². The minimum Gasteiger partial charge on any atom is -0.396 e. The van der Waals surface area contributed by atoms with Gasteiger partial charge < -0.3 is 14.8 Å². The van der Waals surface area contributed by atoms with Crippen molar-refractivity contribution < 1.29 is 5.11 Å². The standard InChI is InChI=1S/C21H18N6O/c28-11-8-17-16-7-6-14(12-18(16)26-25-17)19-13-27-10-9-22-21(27)20(24-19)23-15-4-2-1-3-5-15/h1-7,9-10,12-13,28H,8,11H2,(H,23,24)(H,25,26). The first kappa shape index (κ1) is 16.5. The number of benzene rings is 2. The summed E-state index contributed by atoms with van der Waals surface area (Å²) in [6, 6.07) is 16.0. The summed E-state index contributed by atoms with van der Waals surface area (Å²) in [6.07, 6.45) is 6.18. The SMILES string of the molecule is OCCc1[nH]nc2cc(-c3cn4ccnc4c(Nc4ccccc4)n3)ccc12. The molecule has 0 saturated heterocycles. The Bertz CT molecular complexity index is 1260. The molecule has 28 heavy (non-hydrogen) atoms. The molecule has 3 heterocycles. The van der Waals surface area contributed by atoms with E-state index in [4.69, 9.17) is 4.98 Å². The molecule has 0 aliphatic rings. The van der Waals surface area contributed by atoms with E-state index in [1.165, 1.54) is 0 Å². The van der Waals surface area contributed by atoms with Gasteiger partial charge in [-0.1, -0.05) is 30.3 Å². The number of aliphatic hydroxyl groups is 1. The number of fused-ring (bicyclic) bond motifs is 2. The molecule has 0 bridgehead atoms. The van der Waals surface area contributed by atoms with Crippen LogP contribution in [0.2, 0.25) is 0 Å². The third-order valence-electron chi connectivity index (χ3n) is 4.70. The summed E-state index contributed by atoms with van der Waals surface area (Å²) in [4.78, 5) is 9.24. The van der Waals surface area contributed by atoms with Crippen LogP contribution in [0.25, 0.3) is 27.8 Å². The van der Waals surface area contributed by atoms with Crippen molar-refractivity contribution in [3.05, 3.63) is 72.8 Å². The third kappa shape index (κ3) is 2.87. The highest BCUT2D eigenvalue weighted by molar-refractivity contribution is 5.86. The lowest BCUT2D eigenvalue weighted by atomic mass is 10.1. The maximum Gasteiger partial charge on any atom is 0.180 e. The van der Waals surface area contributed by atoms with Crippen LogP contribution in [0.3, 0.4) is 0 Å². The van der Waals surface area contributed by atoms with Crippen LogP contribution < -0.4 is 5.32 Å². The summed E-state index contributed by atoms with van der Waals surface area (Å²) in [5, 5.41) is 20.9. The zero-order valence-electron chi connectivity index (χ0n) is 15.0. The van der Waals surface area contributed by atoms with Crippen LogP contribution in [0.4, 0.5) is 11.5 Å². The molecule has 3 N–H and O–H groups in total. The van der Waals surface area contributed by atoms with E-state index in [0.29, 0.717) is 12.2 Å². The van der Waals surface area contributed by atoms with E-state index >= 15 is 0 Å². The molecule has 3 aromatic heterocycles. The average molecular weight is 370 g/mol. The highest BCUT2D eigenvalue weighted by Gasteiger charge is 2.12. The maximum atomic E-state index is 9.19. The molecule has 0 fully saturated rings. The summed E-state index contributed by atoms with van der Waals surface area (Å²) in [5.74, 6) is 0.691. The van der Waals surface area contributed by atoms with Gasteiger partial charge in [-0.2, -0.15) is 5.10 Å². The van der Waals surface area contributed by atoms with Crippen molar-refractivity contribution in [3.8, 4) is 11.3 Å². The number of nitrogens with one attached hydrogen (secondary N) is 2. The van der Waals surface area contributed by atoms with Crippen LogP contribution in [-0.4, -0.2) is 36.3 Å². The smallest absolute Gasteiger partial charge is 0.180 e. The van der Waals surface area contributed by atoms with Crippen LogP contribution in [0.15, 0.2) is 67.1 Å². The molecule has 0 spiro atoms. The quantitative estimate of drug-likeness (QED) is 0.440. The highest BCUT2D eigenvalue weighted by atomic mass is 16.3. The molecule has 0 atom stereocenters. The lowest BCUT2D eigenvalue weighted by Crippen LogP contribution is -2.00. The topological polar surface area (TPSA) is 91.1 Å². The second kappa shape index (κ2) is 6.79. The van der Waals surface area contributed by atoms with Crippen molar-refractivity contribution in [1.82, 2.24) is 24.6 Å². The number of hydrogen-bond acceptors (Lipinski definition) is 5. The number of aromatic amines is 1. The highest BCUT2D eigenvalue weighted by Crippen LogP contribution is 2.27. The van der Waals surface area contributed by atoms with Crippen LogP contribution in [-0.2, 0) is 6.42 Å². The number of hydrogen-bond donors (Lipinski definition) is 3. The molecule has 0 radical (unpaired) electrons. The van der Waals surface area contributed by atoms with Gasteiger partial charge in [-0.3, -0.25) is 5.10 Å². The van der Waals surface area contributed by atoms with E-state index in [9.17, 15) is 5.11 Å². The third-order valence-corrected chi connectivity index (χ3v) is 4.70. The van der Waals surface area contributed by atoms with Gasteiger partial charge in [0.25, 0.3) is 0 Å². The second-order valence-electron chi connectivity index (χ2n) is 6.53. The van der Waals surface area contributed by atoms with Crippen molar-refractivity contribution >= 4 is 28.1 Å². The van der Waals surface area contributed by atoms with Gasteiger partial charge in [0.1, 0.15) is 0 Å². The zero-order chi connectivity index (χ0) is 18.9. The Balaban J connectivity index is 1.60. The summed E-state index contributed by atoms with van der Waals surface area (Å²) in [7, 11) is 0. The first-order valence-electron chi connectivity index (χ1n) is 9.06. The molecular weight excluding hydrogens is 352 g/mol. The van der Waals surface area contributed by atoms with Gasteiger partial charge in [-0.15, -0.1) is 0 Å². The number of para-hydroxylation sites is 1. The predicted molar refractivity (Wildman–Crippen MR) is 109 cm³/mol. The van der Waals surface area contributed by atoms with Gasteiger partial charge in [-0.05, 0) is 18.2 Å². The lowest BCUT2D eigenvalue weighted by molar-refractivity contribution is 0.298. The van der Waals surface area contributed by atoms with Crippen molar-refractivity contribution in [2.24, 2.45) is 0 Å². The lowest BCUT2D eigenvalue weighted by Gasteiger charge is -2.10. The number of anilines is 2. The van der Waals surface area contributed by atoms with Gasteiger partial charge >= 0.3 is 0 Å². The zero-order valence-corrected chi connectivity index (χ0v) is 15.0. The fraction of sp³-hybridized carbons (Fsp3) is 0.0952. The fourth-order valence-corrected chi connectivity index (χ4v) is 3.34. The van der Waals surface area contributed by atoms with Crippen LogP contribution >= 0.6 is 0 Å². The van der Waals surface area contributed by atoms with E-state index in [1.807, 2.05) is 65.3 Å². The first-order valence-corrected chi connectivity index (χ1v) is 9.06. The fourth-order valence-electron chi connectivity index (χ4n) is 3.34. The summed E-state index contributed by atoms with van der Waals surface area (Å²) >= 11 is 0. The maximum absolute atomic E-state index is 9.19. The van der Waals surface area contributed by atoms with Gasteiger partial charge in [0.2, 0.25) is 0 Å². The Morgan fingerprint density at radius 1 is 1.11 bits per heavy atom. The molecular formula is C21H18N6O. The largest absolute Gasteiger partial charge is 0.396 e. The monoisotopic (exact) mass is 370 g/mol. The first-order chi connectivity index (χ1) is 13.8. The van der Waals surface area contributed by atoms with Crippen LogP contribution in [0.5, 0.6) is 0 Å². The van der Waals surface area contributed by atoms with E-state index in [2.05, 4.69) is 20.5 Å². The Labute approximate surface area is 160 Å². The number of imidazole rings is 1. The molecule has 7 nitrogen and oxygen atoms in total. The minimum absolute atomic E-state index is 0.0897. The minimum atomic E-state index is 0.0897. The van der Waals surface area contributed by atoms with E-state index < -0.39 is 0 Å². The van der Waals surface area contributed by atoms with Crippen molar-refractivity contribution in [3.63, 3.8) is 0 Å². The molecule has 0 amide bonds. The molecule has 138 valence electrons. The second-order valence-corrected chi connectivity index (χ2v) is 6.53. The molecule has 0 aliphatic carbocycles. The Hall–Kier alpha value is -3.71. The summed E-state index contributed by atoms with van der Waals surface area (Å²) < 4.78 is 1.96. The van der Waals surface area contributed by atoms with Gasteiger partial charge in [0, 0.05) is 53.9 Å². The van der Waals surface area contributed by atoms with Crippen molar-refractivity contribution in [2.75, 3.05) is 11.9 Å². The van der Waals surface area contributed by atoms with E-state index in [-0.39, 0.29) is 6.61 Å². The predicted octanol–water partition coefficient (Wildman–Crippen LogP) is 3.55. The number of rotatable bonds is 5. The van der Waals surface area contributed by atoms with Gasteiger partial charge in [-0.25, -0.2) is 9.97 Å². The molecule has 5 aromatic rings. The summed E-state index contributed by atoms with van der Waals surface area (Å²) in [5.41, 5.74) is 5.28. The van der Waals surface area contributed by atoms with Crippen molar-refractivity contribution in [2.45, 2.75) is 6.42 Å². The number of aliphatic hydroxyl groups excluding tert-OH is 1. The molecule has 0 saturated carbocycles. The number of H-pyrrole nitrogens is 1. The Morgan fingerprint density at radius 2 is 2.00 bits per heavy atom. The number of nitrogens with zero attached hydrogens (tertiary/aromatic N) is 4. The average Bonchev–Trinajstić information content (AvgIpc) is 3.36. The Kier molecular flexibility index (Phi) is 3.99. The van der Waals surface area contributed by atoms with Gasteiger partial charge in [0.05, 0.1) is 11.2 Å². The van der Waals surface area contributed by atoms with E-state index in [1.54, 1.807) is 6.20 Å². The number of aromatic nitrogens is 5. The normalized spacial score (nSPS) is 11.3. The van der Waals surface area contributed by atoms with E-state index in [0.717, 1.165) is 39.2 Å². The van der Waals surface area contributed by atoms with Crippen LogP contribution in [0.1, 0.15) is 5.69 Å². The van der Waals surface area contributed by atoms with Crippen LogP contribution in [0, 0.1) is 0 Å². The molecule has 0 aliphatic heterocycles. The molecule has 2 aromatic carbocycles. The summed E-state index contributed by atoms with van der Waals surface area (Å²) in [6.45, 7) is 0.0897. The Morgan fingerprint density at radius 3 is 2.86 bits per heavy atom.